The summed E-state index contributed by atoms with van der Waals surface area (Å²) >= 11 is 6.11. The van der Waals surface area contributed by atoms with E-state index in [2.05, 4.69) is 0 Å². The zero-order chi connectivity index (χ0) is 16.4. The minimum absolute atomic E-state index is 0.118. The SMILES string of the molecule is COC(=O)C1CCC(=O)N1C(C)c1cc([N+](=O)[O-])ccc1Cl. The Bertz CT molecular complexity index is 634. The molecule has 0 saturated carbocycles. The van der Waals surface area contributed by atoms with E-state index < -0.39 is 23.0 Å². The molecule has 1 saturated heterocycles. The van der Waals surface area contributed by atoms with Gasteiger partial charge in [-0.05, 0) is 25.0 Å². The number of methoxy groups -OCH3 is 1. The maximum absolute atomic E-state index is 12.1. The van der Waals surface area contributed by atoms with Gasteiger partial charge in [0.05, 0.1) is 18.1 Å². The quantitative estimate of drug-likeness (QED) is 0.481. The van der Waals surface area contributed by atoms with Gasteiger partial charge in [-0.2, -0.15) is 0 Å². The third kappa shape index (κ3) is 2.89. The summed E-state index contributed by atoms with van der Waals surface area (Å²) in [4.78, 5) is 35.7. The highest BCUT2D eigenvalue weighted by atomic mass is 35.5. The number of benzene rings is 1. The number of hydrogen-bond acceptors (Lipinski definition) is 5. The second kappa shape index (κ2) is 6.31. The summed E-state index contributed by atoms with van der Waals surface area (Å²) in [6.07, 6.45) is 0.596. The third-order valence-electron chi connectivity index (χ3n) is 3.79. The van der Waals surface area contributed by atoms with Gasteiger partial charge in [-0.3, -0.25) is 14.9 Å². The molecule has 0 aliphatic carbocycles. The number of nitro groups is 1. The molecule has 1 heterocycles. The number of carbonyl (C=O) groups is 2. The van der Waals surface area contributed by atoms with Gasteiger partial charge >= 0.3 is 5.97 Å². The molecule has 118 valence electrons. The van der Waals surface area contributed by atoms with E-state index in [0.717, 1.165) is 0 Å². The molecule has 0 spiro atoms. The van der Waals surface area contributed by atoms with Crippen molar-refractivity contribution >= 4 is 29.2 Å². The van der Waals surface area contributed by atoms with Gasteiger partial charge in [0.2, 0.25) is 5.91 Å². The lowest BCUT2D eigenvalue weighted by Crippen LogP contribution is -2.41. The van der Waals surface area contributed by atoms with Crippen LogP contribution in [0.4, 0.5) is 5.69 Å². The number of non-ortho nitro benzene ring substituents is 1. The van der Waals surface area contributed by atoms with Gasteiger partial charge in [-0.25, -0.2) is 4.79 Å². The molecule has 2 rings (SSSR count). The van der Waals surface area contributed by atoms with Crippen LogP contribution in [0.3, 0.4) is 0 Å². The first-order chi connectivity index (χ1) is 10.4. The summed E-state index contributed by atoms with van der Waals surface area (Å²) in [6, 6.07) is 2.78. The van der Waals surface area contributed by atoms with Crippen LogP contribution in [0.15, 0.2) is 18.2 Å². The molecule has 22 heavy (non-hydrogen) atoms. The highest BCUT2D eigenvalue weighted by Crippen LogP contribution is 2.35. The summed E-state index contributed by atoms with van der Waals surface area (Å²) in [5, 5.41) is 11.2. The minimum Gasteiger partial charge on any atom is -0.467 e. The molecule has 2 atom stereocenters. The van der Waals surface area contributed by atoms with Crippen LogP contribution >= 0.6 is 11.6 Å². The van der Waals surface area contributed by atoms with Crippen molar-refractivity contribution < 1.29 is 19.2 Å². The Morgan fingerprint density at radius 2 is 2.23 bits per heavy atom. The smallest absolute Gasteiger partial charge is 0.328 e. The Labute approximate surface area is 131 Å². The van der Waals surface area contributed by atoms with Crippen molar-refractivity contribution in [1.82, 2.24) is 4.90 Å². The van der Waals surface area contributed by atoms with Crippen LogP contribution in [0, 0.1) is 10.1 Å². The molecule has 1 aromatic carbocycles. The Morgan fingerprint density at radius 3 is 2.82 bits per heavy atom. The number of nitrogens with zero attached hydrogens (tertiary/aromatic N) is 2. The van der Waals surface area contributed by atoms with Gasteiger partial charge in [-0.15, -0.1) is 0 Å². The molecule has 8 heteroatoms. The molecule has 1 aromatic rings. The van der Waals surface area contributed by atoms with E-state index in [0.29, 0.717) is 17.0 Å². The normalized spacial score (nSPS) is 19.1. The van der Waals surface area contributed by atoms with Crippen LogP contribution < -0.4 is 0 Å². The fraction of sp³-hybridized carbons (Fsp3) is 0.429. The summed E-state index contributed by atoms with van der Waals surface area (Å²) < 4.78 is 4.72. The lowest BCUT2D eigenvalue weighted by atomic mass is 10.0. The third-order valence-corrected chi connectivity index (χ3v) is 4.13. The number of rotatable bonds is 4. The van der Waals surface area contributed by atoms with Crippen molar-refractivity contribution in [2.24, 2.45) is 0 Å². The fourth-order valence-electron chi connectivity index (χ4n) is 2.67. The maximum atomic E-state index is 12.1. The van der Waals surface area contributed by atoms with Gasteiger partial charge in [-0.1, -0.05) is 11.6 Å². The van der Waals surface area contributed by atoms with Crippen LogP contribution in [0.2, 0.25) is 5.02 Å². The molecule has 0 N–H and O–H groups in total. The van der Waals surface area contributed by atoms with Crippen molar-refractivity contribution in [1.29, 1.82) is 0 Å². The van der Waals surface area contributed by atoms with Crippen molar-refractivity contribution in [2.75, 3.05) is 7.11 Å². The van der Waals surface area contributed by atoms with E-state index in [1.807, 2.05) is 0 Å². The largest absolute Gasteiger partial charge is 0.467 e. The molecule has 1 fully saturated rings. The number of esters is 1. The highest BCUT2D eigenvalue weighted by molar-refractivity contribution is 6.31. The van der Waals surface area contributed by atoms with Crippen LogP contribution in [0.5, 0.6) is 0 Å². The zero-order valence-corrected chi connectivity index (χ0v) is 12.9. The van der Waals surface area contributed by atoms with Crippen LogP contribution in [-0.4, -0.2) is 34.9 Å². The molecule has 0 radical (unpaired) electrons. The first-order valence-electron chi connectivity index (χ1n) is 6.69. The molecule has 0 aromatic heterocycles. The molecule has 7 nitrogen and oxygen atoms in total. The van der Waals surface area contributed by atoms with Crippen molar-refractivity contribution in [2.45, 2.75) is 31.8 Å². The van der Waals surface area contributed by atoms with Crippen LogP contribution in [-0.2, 0) is 14.3 Å². The van der Waals surface area contributed by atoms with Gasteiger partial charge in [0, 0.05) is 23.6 Å². The first kappa shape index (κ1) is 16.2. The number of amides is 1. The number of carbonyl (C=O) groups excluding carboxylic acids is 2. The van der Waals surface area contributed by atoms with Crippen LogP contribution in [0.1, 0.15) is 31.4 Å². The summed E-state index contributed by atoms with van der Waals surface area (Å²) in [5.74, 6) is -0.704. The summed E-state index contributed by atoms with van der Waals surface area (Å²) in [6.45, 7) is 1.68. The predicted octanol–water partition coefficient (Wildman–Crippen LogP) is 2.47. The van der Waals surface area contributed by atoms with Crippen LogP contribution in [0.25, 0.3) is 0 Å². The molecular formula is C14H15ClN2O5. The Hall–Kier alpha value is -2.15. The summed E-state index contributed by atoms with van der Waals surface area (Å²) in [7, 11) is 1.26. The highest BCUT2D eigenvalue weighted by Gasteiger charge is 2.40. The lowest BCUT2D eigenvalue weighted by molar-refractivity contribution is -0.384. The average molecular weight is 327 g/mol. The average Bonchev–Trinajstić information content (AvgIpc) is 2.87. The molecule has 1 aliphatic rings. The zero-order valence-electron chi connectivity index (χ0n) is 12.1. The first-order valence-corrected chi connectivity index (χ1v) is 7.07. The predicted molar refractivity (Wildman–Crippen MR) is 78.4 cm³/mol. The minimum atomic E-state index is -0.692. The van der Waals surface area contributed by atoms with Crippen molar-refractivity contribution in [3.05, 3.63) is 38.9 Å². The number of halogens is 1. The van der Waals surface area contributed by atoms with Gasteiger partial charge in [0.1, 0.15) is 6.04 Å². The Kier molecular flexibility index (Phi) is 4.65. The molecular weight excluding hydrogens is 312 g/mol. The number of likely N-dealkylation sites (tertiary alicyclic amines) is 1. The van der Waals surface area contributed by atoms with Crippen molar-refractivity contribution in [3.63, 3.8) is 0 Å². The van der Waals surface area contributed by atoms with Gasteiger partial charge < -0.3 is 9.64 Å². The van der Waals surface area contributed by atoms with E-state index in [9.17, 15) is 19.7 Å². The van der Waals surface area contributed by atoms with E-state index >= 15 is 0 Å². The van der Waals surface area contributed by atoms with Crippen molar-refractivity contribution in [3.8, 4) is 0 Å². The molecule has 2 unspecified atom stereocenters. The Morgan fingerprint density at radius 1 is 1.55 bits per heavy atom. The lowest BCUT2D eigenvalue weighted by Gasteiger charge is -2.30. The number of hydrogen-bond donors (Lipinski definition) is 0. The second-order valence-electron chi connectivity index (χ2n) is 5.02. The Balaban J connectivity index is 2.39. The van der Waals surface area contributed by atoms with Gasteiger partial charge in [0.25, 0.3) is 5.69 Å². The second-order valence-corrected chi connectivity index (χ2v) is 5.42. The molecule has 0 bridgehead atoms. The molecule has 1 aliphatic heterocycles. The fourth-order valence-corrected chi connectivity index (χ4v) is 2.95. The summed E-state index contributed by atoms with van der Waals surface area (Å²) in [5.41, 5.74) is 0.313. The number of nitro benzene ring substituents is 1. The monoisotopic (exact) mass is 326 g/mol. The van der Waals surface area contributed by atoms with E-state index in [4.69, 9.17) is 16.3 Å². The standard InChI is InChI=1S/C14H15ClN2O5/c1-8(10-7-9(17(20)21)3-4-11(10)15)16-12(14(19)22-2)5-6-13(16)18/h3-4,7-8,12H,5-6H2,1-2H3. The maximum Gasteiger partial charge on any atom is 0.328 e. The van der Waals surface area contributed by atoms with E-state index in [1.165, 1.54) is 30.2 Å². The van der Waals surface area contributed by atoms with E-state index in [1.54, 1.807) is 6.92 Å². The number of ether oxygens (including phenoxy) is 1. The molecule has 1 amide bonds. The van der Waals surface area contributed by atoms with E-state index in [-0.39, 0.29) is 18.0 Å². The topological polar surface area (TPSA) is 89.8 Å². The van der Waals surface area contributed by atoms with Gasteiger partial charge in [0.15, 0.2) is 0 Å².